The lowest BCUT2D eigenvalue weighted by atomic mass is 10.1. The van der Waals surface area contributed by atoms with Crippen LogP contribution in [0.2, 0.25) is 0 Å². The van der Waals surface area contributed by atoms with E-state index in [4.69, 9.17) is 0 Å². The van der Waals surface area contributed by atoms with Crippen molar-refractivity contribution in [3.05, 3.63) is 70.8 Å². The predicted octanol–water partition coefficient (Wildman–Crippen LogP) is 3.82. The minimum absolute atomic E-state index is 0.289. The number of rotatable bonds is 3. The van der Waals surface area contributed by atoms with Gasteiger partial charge < -0.3 is 0 Å². The fraction of sp³-hybridized carbons (Fsp3) is 0.222. The summed E-state index contributed by atoms with van der Waals surface area (Å²) in [6.45, 7) is 5.96. The Labute approximate surface area is 131 Å². The Balaban J connectivity index is 1.98. The van der Waals surface area contributed by atoms with Crippen LogP contribution in [0, 0.1) is 6.92 Å². The molecule has 0 aromatic heterocycles. The normalized spacial score (nSPS) is 17.7. The summed E-state index contributed by atoms with van der Waals surface area (Å²) >= 11 is 0. The zero-order chi connectivity index (χ0) is 15.9. The highest BCUT2D eigenvalue weighted by molar-refractivity contribution is 7.89. The molecule has 1 atom stereocenters. The summed E-state index contributed by atoms with van der Waals surface area (Å²) in [5, 5.41) is 0. The van der Waals surface area contributed by atoms with E-state index in [-0.39, 0.29) is 6.04 Å². The van der Waals surface area contributed by atoms with Crippen LogP contribution in [0.25, 0.3) is 5.57 Å². The van der Waals surface area contributed by atoms with Gasteiger partial charge in [-0.25, -0.2) is 8.42 Å². The Morgan fingerprint density at radius 2 is 1.55 bits per heavy atom. The lowest BCUT2D eigenvalue weighted by molar-refractivity contribution is 0.572. The van der Waals surface area contributed by atoms with Crippen LogP contribution in [0.5, 0.6) is 0 Å². The van der Waals surface area contributed by atoms with E-state index in [1.165, 1.54) is 0 Å². The van der Waals surface area contributed by atoms with Gasteiger partial charge in [-0.1, -0.05) is 42.0 Å². The summed E-state index contributed by atoms with van der Waals surface area (Å²) in [6, 6.07) is 14.6. The van der Waals surface area contributed by atoms with Crippen molar-refractivity contribution in [1.29, 1.82) is 0 Å². The molecule has 0 fully saturated rings. The highest BCUT2D eigenvalue weighted by Crippen LogP contribution is 2.40. The molecule has 22 heavy (non-hydrogen) atoms. The molecule has 0 radical (unpaired) electrons. The van der Waals surface area contributed by atoms with Gasteiger partial charge in [0.15, 0.2) is 0 Å². The van der Waals surface area contributed by atoms with Crippen molar-refractivity contribution in [3.63, 3.8) is 0 Å². The van der Waals surface area contributed by atoms with Gasteiger partial charge in [0.2, 0.25) is 10.0 Å². The molecule has 1 aliphatic carbocycles. The van der Waals surface area contributed by atoms with Gasteiger partial charge in [0, 0.05) is 0 Å². The number of nitrogens with one attached hydrogen (secondary N) is 1. The van der Waals surface area contributed by atoms with Crippen LogP contribution in [-0.4, -0.2) is 8.42 Å². The molecule has 0 amide bonds. The van der Waals surface area contributed by atoms with E-state index in [9.17, 15) is 8.42 Å². The third-order valence-electron chi connectivity index (χ3n) is 4.30. The van der Waals surface area contributed by atoms with E-state index in [0.29, 0.717) is 4.90 Å². The van der Waals surface area contributed by atoms with E-state index in [1.54, 1.807) is 12.1 Å². The Bertz CT molecular complexity index is 849. The second-order valence-electron chi connectivity index (χ2n) is 5.76. The first-order chi connectivity index (χ1) is 10.4. The van der Waals surface area contributed by atoms with Gasteiger partial charge in [-0.15, -0.1) is 0 Å². The van der Waals surface area contributed by atoms with Crippen molar-refractivity contribution in [1.82, 2.24) is 4.72 Å². The van der Waals surface area contributed by atoms with Gasteiger partial charge in [-0.05, 0) is 55.2 Å². The van der Waals surface area contributed by atoms with Gasteiger partial charge in [-0.2, -0.15) is 4.72 Å². The zero-order valence-electron chi connectivity index (χ0n) is 12.9. The zero-order valence-corrected chi connectivity index (χ0v) is 13.7. The van der Waals surface area contributed by atoms with Crippen LogP contribution in [0.1, 0.15) is 36.6 Å². The highest BCUT2D eigenvalue weighted by atomic mass is 32.2. The summed E-state index contributed by atoms with van der Waals surface area (Å²) < 4.78 is 28.1. The van der Waals surface area contributed by atoms with Gasteiger partial charge in [0.05, 0.1) is 10.9 Å². The maximum Gasteiger partial charge on any atom is 0.241 e. The van der Waals surface area contributed by atoms with E-state index in [2.05, 4.69) is 4.72 Å². The fourth-order valence-corrected chi connectivity index (χ4v) is 4.09. The van der Waals surface area contributed by atoms with Crippen LogP contribution in [0.3, 0.4) is 0 Å². The molecule has 0 bridgehead atoms. The monoisotopic (exact) mass is 313 g/mol. The van der Waals surface area contributed by atoms with E-state index in [1.807, 2.05) is 57.2 Å². The molecule has 114 valence electrons. The SMILES string of the molecule is CC1=C(C)C(NS(=O)(=O)c2ccc(C)cc2)c2ccccc21. The Morgan fingerprint density at radius 3 is 2.23 bits per heavy atom. The number of hydrogen-bond acceptors (Lipinski definition) is 2. The number of fused-ring (bicyclic) bond motifs is 1. The van der Waals surface area contributed by atoms with Crippen molar-refractivity contribution in [2.24, 2.45) is 0 Å². The summed E-state index contributed by atoms with van der Waals surface area (Å²) in [7, 11) is -3.54. The molecular formula is C18H19NO2S. The maximum absolute atomic E-state index is 12.6. The number of allylic oxidation sites excluding steroid dienone is 1. The quantitative estimate of drug-likeness (QED) is 0.936. The van der Waals surface area contributed by atoms with Gasteiger partial charge in [0.25, 0.3) is 0 Å². The molecule has 4 heteroatoms. The molecular weight excluding hydrogens is 294 g/mol. The number of sulfonamides is 1. The predicted molar refractivity (Wildman–Crippen MR) is 89.0 cm³/mol. The number of aryl methyl sites for hydroxylation is 1. The largest absolute Gasteiger partial charge is 0.241 e. The molecule has 2 aromatic rings. The lowest BCUT2D eigenvalue weighted by Gasteiger charge is -2.17. The molecule has 2 aromatic carbocycles. The Hall–Kier alpha value is -1.91. The van der Waals surface area contributed by atoms with Crippen molar-refractivity contribution in [2.75, 3.05) is 0 Å². The average Bonchev–Trinajstić information content (AvgIpc) is 2.73. The molecule has 0 spiro atoms. The van der Waals surface area contributed by atoms with Crippen molar-refractivity contribution >= 4 is 15.6 Å². The fourth-order valence-electron chi connectivity index (χ4n) is 2.84. The van der Waals surface area contributed by atoms with Crippen molar-refractivity contribution < 1.29 is 8.42 Å². The first kappa shape index (κ1) is 15.0. The van der Waals surface area contributed by atoms with E-state index < -0.39 is 10.0 Å². The average molecular weight is 313 g/mol. The van der Waals surface area contributed by atoms with Crippen LogP contribution in [0.4, 0.5) is 0 Å². The molecule has 3 rings (SSSR count). The standard InChI is InChI=1S/C18H19NO2S/c1-12-8-10-15(11-9-12)22(20,21)19-18-14(3)13(2)16-6-4-5-7-17(16)18/h4-11,18-19H,1-3H3. The van der Waals surface area contributed by atoms with Gasteiger partial charge in [0.1, 0.15) is 0 Å². The molecule has 0 saturated heterocycles. The van der Waals surface area contributed by atoms with Gasteiger partial charge >= 0.3 is 0 Å². The lowest BCUT2D eigenvalue weighted by Crippen LogP contribution is -2.28. The van der Waals surface area contributed by atoms with Crippen LogP contribution in [-0.2, 0) is 10.0 Å². The molecule has 0 aliphatic heterocycles. The molecule has 0 heterocycles. The summed E-state index contributed by atoms with van der Waals surface area (Å²) in [6.07, 6.45) is 0. The molecule has 3 nitrogen and oxygen atoms in total. The summed E-state index contributed by atoms with van der Waals surface area (Å²) in [4.78, 5) is 0.299. The summed E-state index contributed by atoms with van der Waals surface area (Å²) in [5.74, 6) is 0. The first-order valence-electron chi connectivity index (χ1n) is 7.26. The first-order valence-corrected chi connectivity index (χ1v) is 8.74. The Morgan fingerprint density at radius 1 is 0.909 bits per heavy atom. The third kappa shape index (κ3) is 2.49. The van der Waals surface area contributed by atoms with Crippen LogP contribution in [0.15, 0.2) is 59.0 Å². The highest BCUT2D eigenvalue weighted by Gasteiger charge is 2.30. The topological polar surface area (TPSA) is 46.2 Å². The van der Waals surface area contributed by atoms with Crippen molar-refractivity contribution in [2.45, 2.75) is 31.7 Å². The maximum atomic E-state index is 12.6. The molecule has 1 aliphatic rings. The second-order valence-corrected chi connectivity index (χ2v) is 7.48. The third-order valence-corrected chi connectivity index (χ3v) is 5.74. The van der Waals surface area contributed by atoms with Crippen molar-refractivity contribution in [3.8, 4) is 0 Å². The smallest absolute Gasteiger partial charge is 0.207 e. The molecule has 1 unspecified atom stereocenters. The Kier molecular flexibility index (Phi) is 3.67. The van der Waals surface area contributed by atoms with Crippen LogP contribution >= 0.6 is 0 Å². The minimum atomic E-state index is -3.54. The van der Waals surface area contributed by atoms with Gasteiger partial charge in [-0.3, -0.25) is 0 Å². The van der Waals surface area contributed by atoms with E-state index in [0.717, 1.165) is 27.8 Å². The molecule has 0 saturated carbocycles. The molecule has 1 N–H and O–H groups in total. The summed E-state index contributed by atoms with van der Waals surface area (Å²) in [5.41, 5.74) is 5.38. The van der Waals surface area contributed by atoms with Crippen LogP contribution < -0.4 is 4.72 Å². The second kappa shape index (κ2) is 5.38. The number of hydrogen-bond donors (Lipinski definition) is 1. The van der Waals surface area contributed by atoms with E-state index >= 15 is 0 Å². The number of benzene rings is 2. The minimum Gasteiger partial charge on any atom is -0.207 e.